The highest BCUT2D eigenvalue weighted by Crippen LogP contribution is 2.28. The molecule has 3 aromatic heterocycles. The maximum Gasteiger partial charge on any atom is 0.223 e. The van der Waals surface area contributed by atoms with Gasteiger partial charge in [-0.3, -0.25) is 9.89 Å². The molecule has 1 N–H and O–H groups in total. The number of carbonyl (C=O) groups is 1. The molecule has 1 fully saturated rings. The van der Waals surface area contributed by atoms with E-state index in [1.165, 1.54) is 12.1 Å². The average Bonchev–Trinajstić information content (AvgIpc) is 3.54. The largest absolute Gasteiger partial charge is 0.340 e. The van der Waals surface area contributed by atoms with Gasteiger partial charge in [-0.2, -0.15) is 5.10 Å². The van der Waals surface area contributed by atoms with Crippen LogP contribution in [-0.2, 0) is 17.8 Å². The molecule has 1 aromatic carbocycles. The molecule has 6 nitrogen and oxygen atoms in total. The number of rotatable bonds is 6. The van der Waals surface area contributed by atoms with Crippen molar-refractivity contribution in [1.82, 2.24) is 24.6 Å². The molecule has 0 bridgehead atoms. The highest BCUT2D eigenvalue weighted by Gasteiger charge is 2.32. The highest BCUT2D eigenvalue weighted by molar-refractivity contribution is 5.81. The fourth-order valence-corrected chi connectivity index (χ4v) is 4.74. The van der Waals surface area contributed by atoms with E-state index in [1.807, 2.05) is 17.3 Å². The predicted octanol–water partition coefficient (Wildman–Crippen LogP) is 4.44. The average molecular weight is 432 g/mol. The molecular weight excluding hydrogens is 405 g/mol. The molecule has 164 valence electrons. The number of likely N-dealkylation sites (tertiary alicyclic amines) is 1. The maximum absolute atomic E-state index is 13.1. The van der Waals surface area contributed by atoms with Crippen molar-refractivity contribution in [3.8, 4) is 11.1 Å². The lowest BCUT2D eigenvalue weighted by Crippen LogP contribution is -2.34. The molecular formula is C25H26FN5O. The quantitative estimate of drug-likeness (QED) is 0.491. The summed E-state index contributed by atoms with van der Waals surface area (Å²) in [4.78, 5) is 19.5. The number of amides is 1. The summed E-state index contributed by atoms with van der Waals surface area (Å²) in [7, 11) is 0. The van der Waals surface area contributed by atoms with Crippen LogP contribution >= 0.6 is 0 Å². The Balaban J connectivity index is 1.22. The lowest BCUT2D eigenvalue weighted by atomic mass is 10.1. The topological polar surface area (TPSA) is 66.8 Å². The minimum absolute atomic E-state index is 0.171. The third-order valence-corrected chi connectivity index (χ3v) is 6.41. The monoisotopic (exact) mass is 431 g/mol. The van der Waals surface area contributed by atoms with E-state index >= 15 is 0 Å². The standard InChI is InChI=1S/C25H26FN5O/c1-17-10-19(16-31(17)24(32)7-4-18-2-5-23(26)6-3-18)15-30-9-8-20-11-21(12-27-25(20)30)22-13-28-29-14-22/h2-3,5-6,8-9,11-14,17,19H,4,7,10,15-16H2,1H3,(H,28,29)/t17-,19-/m0/s1. The normalized spacial score (nSPS) is 18.5. The molecule has 2 atom stereocenters. The van der Waals surface area contributed by atoms with Gasteiger partial charge >= 0.3 is 0 Å². The van der Waals surface area contributed by atoms with Gasteiger partial charge in [0, 0.05) is 60.7 Å². The van der Waals surface area contributed by atoms with Gasteiger partial charge in [-0.15, -0.1) is 0 Å². The van der Waals surface area contributed by atoms with Crippen LogP contribution in [0.15, 0.2) is 61.2 Å². The van der Waals surface area contributed by atoms with Crippen molar-refractivity contribution >= 4 is 16.9 Å². The minimum atomic E-state index is -0.249. The van der Waals surface area contributed by atoms with Crippen molar-refractivity contribution in [3.05, 3.63) is 72.6 Å². The maximum atomic E-state index is 13.1. The Morgan fingerprint density at radius 1 is 1.19 bits per heavy atom. The van der Waals surface area contributed by atoms with Crippen molar-refractivity contribution in [2.24, 2.45) is 5.92 Å². The third-order valence-electron chi connectivity index (χ3n) is 6.41. The van der Waals surface area contributed by atoms with E-state index < -0.39 is 0 Å². The van der Waals surface area contributed by atoms with E-state index in [0.29, 0.717) is 18.8 Å². The first-order valence-electron chi connectivity index (χ1n) is 11.0. The van der Waals surface area contributed by atoms with E-state index in [0.717, 1.165) is 47.2 Å². The summed E-state index contributed by atoms with van der Waals surface area (Å²) >= 11 is 0. The fraction of sp³-hybridized carbons (Fsp3) is 0.320. The number of aryl methyl sites for hydroxylation is 1. The van der Waals surface area contributed by atoms with Gasteiger partial charge in [-0.05, 0) is 55.5 Å². The van der Waals surface area contributed by atoms with Gasteiger partial charge in [-0.1, -0.05) is 12.1 Å². The van der Waals surface area contributed by atoms with Gasteiger partial charge in [0.15, 0.2) is 0 Å². The molecule has 1 amide bonds. The van der Waals surface area contributed by atoms with Crippen LogP contribution in [0.5, 0.6) is 0 Å². The first-order valence-corrected chi connectivity index (χ1v) is 11.0. The molecule has 1 aliphatic rings. The van der Waals surface area contributed by atoms with Crippen LogP contribution < -0.4 is 0 Å². The summed E-state index contributed by atoms with van der Waals surface area (Å²) < 4.78 is 15.3. The number of carbonyl (C=O) groups excluding carboxylic acids is 1. The highest BCUT2D eigenvalue weighted by atomic mass is 19.1. The van der Waals surface area contributed by atoms with Crippen LogP contribution in [0.3, 0.4) is 0 Å². The second kappa shape index (κ2) is 8.57. The summed E-state index contributed by atoms with van der Waals surface area (Å²) in [5, 5.41) is 7.95. The van der Waals surface area contributed by atoms with E-state index in [4.69, 9.17) is 4.98 Å². The first-order chi connectivity index (χ1) is 15.6. The number of H-pyrrole nitrogens is 1. The first kappa shape index (κ1) is 20.4. The van der Waals surface area contributed by atoms with E-state index in [1.54, 1.807) is 18.3 Å². The van der Waals surface area contributed by atoms with E-state index in [9.17, 15) is 9.18 Å². The number of benzene rings is 1. The van der Waals surface area contributed by atoms with Crippen LogP contribution in [0.2, 0.25) is 0 Å². The summed E-state index contributed by atoms with van der Waals surface area (Å²) in [5.74, 6) is 0.316. The number of hydrogen-bond acceptors (Lipinski definition) is 3. The van der Waals surface area contributed by atoms with E-state index in [2.05, 4.69) is 40.0 Å². The fourth-order valence-electron chi connectivity index (χ4n) is 4.74. The van der Waals surface area contributed by atoms with Gasteiger partial charge in [0.05, 0.1) is 6.20 Å². The van der Waals surface area contributed by atoms with Gasteiger partial charge in [0.25, 0.3) is 0 Å². The Morgan fingerprint density at radius 3 is 2.81 bits per heavy atom. The molecule has 7 heteroatoms. The van der Waals surface area contributed by atoms with Gasteiger partial charge in [0.1, 0.15) is 11.5 Å². The zero-order valence-electron chi connectivity index (χ0n) is 18.0. The smallest absolute Gasteiger partial charge is 0.223 e. The van der Waals surface area contributed by atoms with Crippen LogP contribution in [0.4, 0.5) is 4.39 Å². The molecule has 4 aromatic rings. The summed E-state index contributed by atoms with van der Waals surface area (Å²) in [6.07, 6.45) is 9.69. The molecule has 0 spiro atoms. The lowest BCUT2D eigenvalue weighted by molar-refractivity contribution is -0.131. The van der Waals surface area contributed by atoms with Crippen molar-refractivity contribution in [2.45, 2.75) is 38.8 Å². The summed E-state index contributed by atoms with van der Waals surface area (Å²) in [6, 6.07) is 10.8. The number of pyridine rings is 1. The number of fused-ring (bicyclic) bond motifs is 1. The molecule has 0 radical (unpaired) electrons. The lowest BCUT2D eigenvalue weighted by Gasteiger charge is -2.21. The van der Waals surface area contributed by atoms with Crippen molar-refractivity contribution < 1.29 is 9.18 Å². The molecule has 0 aliphatic carbocycles. The molecule has 5 rings (SSSR count). The molecule has 1 saturated heterocycles. The van der Waals surface area contributed by atoms with Gasteiger partial charge in [0.2, 0.25) is 5.91 Å². The Hall–Kier alpha value is -3.48. The SMILES string of the molecule is C[C@H]1C[C@@H](Cn2ccc3cc(-c4cn[nH]c4)cnc32)CN1C(=O)CCc1ccc(F)cc1. The van der Waals surface area contributed by atoms with Crippen molar-refractivity contribution in [3.63, 3.8) is 0 Å². The zero-order chi connectivity index (χ0) is 22.1. The third kappa shape index (κ3) is 4.15. The number of nitrogens with one attached hydrogen (secondary N) is 1. The molecule has 1 aliphatic heterocycles. The van der Waals surface area contributed by atoms with Crippen LogP contribution in [0.25, 0.3) is 22.2 Å². The number of hydrogen-bond donors (Lipinski definition) is 1. The number of aromatic nitrogens is 4. The van der Waals surface area contributed by atoms with Crippen LogP contribution in [0, 0.1) is 11.7 Å². The second-order valence-electron chi connectivity index (χ2n) is 8.72. The van der Waals surface area contributed by atoms with Crippen LogP contribution in [-0.4, -0.2) is 43.1 Å². The Kier molecular flexibility index (Phi) is 5.47. The van der Waals surface area contributed by atoms with Gasteiger partial charge < -0.3 is 9.47 Å². The molecule has 4 heterocycles. The summed E-state index contributed by atoms with van der Waals surface area (Å²) in [5.41, 5.74) is 4.01. The number of nitrogens with zero attached hydrogens (tertiary/aromatic N) is 4. The van der Waals surface area contributed by atoms with Gasteiger partial charge in [-0.25, -0.2) is 9.37 Å². The minimum Gasteiger partial charge on any atom is -0.340 e. The van der Waals surface area contributed by atoms with Crippen molar-refractivity contribution in [2.75, 3.05) is 6.54 Å². The Bertz CT molecular complexity index is 1220. The second-order valence-corrected chi connectivity index (χ2v) is 8.72. The Morgan fingerprint density at radius 2 is 2.03 bits per heavy atom. The van der Waals surface area contributed by atoms with Crippen molar-refractivity contribution in [1.29, 1.82) is 0 Å². The molecule has 0 unspecified atom stereocenters. The summed E-state index contributed by atoms with van der Waals surface area (Å²) in [6.45, 7) is 3.73. The number of halogens is 1. The number of aromatic amines is 1. The van der Waals surface area contributed by atoms with E-state index in [-0.39, 0.29) is 17.8 Å². The predicted molar refractivity (Wildman–Crippen MR) is 121 cm³/mol. The Labute approximate surface area is 186 Å². The molecule has 0 saturated carbocycles. The van der Waals surface area contributed by atoms with Crippen LogP contribution in [0.1, 0.15) is 25.3 Å². The molecule has 32 heavy (non-hydrogen) atoms. The zero-order valence-corrected chi connectivity index (χ0v) is 18.0.